The van der Waals surface area contributed by atoms with E-state index in [0.717, 1.165) is 36.0 Å². The van der Waals surface area contributed by atoms with E-state index in [0.29, 0.717) is 0 Å². The highest BCUT2D eigenvalue weighted by Crippen LogP contribution is 2.57. The molecule has 2 nitrogen and oxygen atoms in total. The lowest BCUT2D eigenvalue weighted by Crippen LogP contribution is -2.47. The predicted octanol–water partition coefficient (Wildman–Crippen LogP) is 2.94. The van der Waals surface area contributed by atoms with Crippen LogP contribution in [-0.4, -0.2) is 16.7 Å². The first-order chi connectivity index (χ1) is 8.43. The summed E-state index contributed by atoms with van der Waals surface area (Å²) >= 11 is 0. The maximum absolute atomic E-state index is 9.94. The highest BCUT2D eigenvalue weighted by Gasteiger charge is 2.47. The van der Waals surface area contributed by atoms with Gasteiger partial charge < -0.3 is 10.8 Å². The van der Waals surface area contributed by atoms with E-state index in [1.165, 1.54) is 38.5 Å². The number of hydrogen-bond acceptors (Lipinski definition) is 2. The summed E-state index contributed by atoms with van der Waals surface area (Å²) in [7, 11) is 0. The van der Waals surface area contributed by atoms with Gasteiger partial charge in [0.2, 0.25) is 0 Å². The molecule has 0 aromatic carbocycles. The van der Waals surface area contributed by atoms with Crippen molar-refractivity contribution in [1.82, 2.24) is 0 Å². The average Bonchev–Trinajstić information content (AvgIpc) is 2.25. The second kappa shape index (κ2) is 4.49. The molecular formula is C16H29NO. The van der Waals surface area contributed by atoms with E-state index < -0.39 is 5.60 Å². The molecule has 4 saturated carbocycles. The summed E-state index contributed by atoms with van der Waals surface area (Å²) in [6, 6.07) is -0.0605. The first kappa shape index (κ1) is 12.9. The Kier molecular flexibility index (Phi) is 3.22. The van der Waals surface area contributed by atoms with Crippen molar-refractivity contribution >= 4 is 0 Å². The number of rotatable bonds is 4. The third kappa shape index (κ3) is 2.34. The molecule has 0 saturated heterocycles. The van der Waals surface area contributed by atoms with E-state index in [4.69, 9.17) is 5.73 Å². The van der Waals surface area contributed by atoms with E-state index in [9.17, 15) is 5.11 Å². The molecule has 0 aromatic rings. The number of aliphatic hydroxyl groups is 1. The Bertz CT molecular complexity index is 279. The molecule has 1 unspecified atom stereocenters. The highest BCUT2D eigenvalue weighted by molar-refractivity contribution is 4.98. The zero-order chi connectivity index (χ0) is 12.9. The molecule has 0 aliphatic heterocycles. The summed E-state index contributed by atoms with van der Waals surface area (Å²) in [6.07, 6.45) is 9.76. The molecule has 4 fully saturated rings. The van der Waals surface area contributed by atoms with Gasteiger partial charge in [0.05, 0.1) is 5.60 Å². The van der Waals surface area contributed by atoms with Crippen molar-refractivity contribution in [2.45, 2.75) is 70.4 Å². The van der Waals surface area contributed by atoms with Gasteiger partial charge >= 0.3 is 0 Å². The molecule has 18 heavy (non-hydrogen) atoms. The summed E-state index contributed by atoms with van der Waals surface area (Å²) in [5, 5.41) is 9.94. The Balaban J connectivity index is 1.57. The molecule has 4 aliphatic carbocycles. The Hall–Kier alpha value is -0.0800. The smallest absolute Gasteiger partial charge is 0.0741 e. The molecule has 4 rings (SSSR count). The van der Waals surface area contributed by atoms with Gasteiger partial charge in [0.1, 0.15) is 0 Å². The lowest BCUT2D eigenvalue weighted by molar-refractivity contribution is -0.0442. The van der Waals surface area contributed by atoms with E-state index in [1.807, 2.05) is 13.8 Å². The van der Waals surface area contributed by atoms with Crippen LogP contribution >= 0.6 is 0 Å². The summed E-state index contributed by atoms with van der Waals surface area (Å²) in [5.41, 5.74) is 5.39. The predicted molar refractivity (Wildman–Crippen MR) is 74.0 cm³/mol. The topological polar surface area (TPSA) is 46.2 Å². The quantitative estimate of drug-likeness (QED) is 0.807. The highest BCUT2D eigenvalue weighted by atomic mass is 16.3. The van der Waals surface area contributed by atoms with E-state index >= 15 is 0 Å². The molecule has 4 aliphatic rings. The fourth-order valence-corrected chi connectivity index (χ4v) is 5.23. The van der Waals surface area contributed by atoms with E-state index in [-0.39, 0.29) is 6.04 Å². The maximum Gasteiger partial charge on any atom is 0.0741 e. The minimum atomic E-state index is -0.716. The SMILES string of the molecule is CC(C)(O)C(N)CCC1C2CC3CC(C2)CC1C3. The standard InChI is InChI=1S/C16H29NO/c1-16(2,18)15(17)4-3-14-12-6-10-5-11(8-12)9-13(14)7-10/h10-15,18H,3-9,17H2,1-2H3. The molecule has 0 aromatic heterocycles. The van der Waals surface area contributed by atoms with Gasteiger partial charge in [-0.1, -0.05) is 0 Å². The fourth-order valence-electron chi connectivity index (χ4n) is 5.23. The van der Waals surface area contributed by atoms with Gasteiger partial charge in [-0.05, 0) is 88.4 Å². The first-order valence-electron chi connectivity index (χ1n) is 7.91. The monoisotopic (exact) mass is 251 g/mol. The third-order valence-corrected chi connectivity index (χ3v) is 6.14. The van der Waals surface area contributed by atoms with Crippen molar-refractivity contribution in [3.05, 3.63) is 0 Å². The van der Waals surface area contributed by atoms with Crippen LogP contribution < -0.4 is 5.73 Å². The average molecular weight is 251 g/mol. The van der Waals surface area contributed by atoms with E-state index in [1.54, 1.807) is 0 Å². The van der Waals surface area contributed by atoms with Crippen LogP contribution in [0.1, 0.15) is 58.8 Å². The zero-order valence-corrected chi connectivity index (χ0v) is 11.9. The van der Waals surface area contributed by atoms with Gasteiger partial charge in [-0.2, -0.15) is 0 Å². The molecule has 104 valence electrons. The molecule has 4 bridgehead atoms. The number of nitrogens with two attached hydrogens (primary N) is 1. The minimum Gasteiger partial charge on any atom is -0.389 e. The van der Waals surface area contributed by atoms with Crippen molar-refractivity contribution in [1.29, 1.82) is 0 Å². The first-order valence-corrected chi connectivity index (χ1v) is 7.91. The molecule has 0 radical (unpaired) electrons. The summed E-state index contributed by atoms with van der Waals surface area (Å²) in [5.74, 6) is 5.04. The van der Waals surface area contributed by atoms with Crippen LogP contribution in [0.2, 0.25) is 0 Å². The van der Waals surface area contributed by atoms with Crippen LogP contribution in [0.5, 0.6) is 0 Å². The Morgan fingerprint density at radius 1 is 1.06 bits per heavy atom. The molecule has 1 atom stereocenters. The Morgan fingerprint density at radius 2 is 1.56 bits per heavy atom. The van der Waals surface area contributed by atoms with Gasteiger partial charge in [0.15, 0.2) is 0 Å². The van der Waals surface area contributed by atoms with Crippen LogP contribution in [0.15, 0.2) is 0 Å². The van der Waals surface area contributed by atoms with Crippen LogP contribution in [0.4, 0.5) is 0 Å². The van der Waals surface area contributed by atoms with Crippen LogP contribution in [0.3, 0.4) is 0 Å². The van der Waals surface area contributed by atoms with Gasteiger partial charge in [-0.3, -0.25) is 0 Å². The van der Waals surface area contributed by atoms with Gasteiger partial charge in [-0.25, -0.2) is 0 Å². The third-order valence-electron chi connectivity index (χ3n) is 6.14. The van der Waals surface area contributed by atoms with Gasteiger partial charge in [-0.15, -0.1) is 0 Å². The van der Waals surface area contributed by atoms with Gasteiger partial charge in [0, 0.05) is 6.04 Å². The van der Waals surface area contributed by atoms with Crippen molar-refractivity contribution in [2.75, 3.05) is 0 Å². The van der Waals surface area contributed by atoms with Crippen molar-refractivity contribution in [3.8, 4) is 0 Å². The van der Waals surface area contributed by atoms with Crippen molar-refractivity contribution in [3.63, 3.8) is 0 Å². The lowest BCUT2D eigenvalue weighted by atomic mass is 9.51. The number of hydrogen-bond donors (Lipinski definition) is 2. The summed E-state index contributed by atoms with van der Waals surface area (Å²) < 4.78 is 0. The van der Waals surface area contributed by atoms with Crippen molar-refractivity contribution < 1.29 is 5.11 Å². The van der Waals surface area contributed by atoms with Crippen LogP contribution in [0, 0.1) is 29.6 Å². The molecule has 0 amide bonds. The molecular weight excluding hydrogens is 222 g/mol. The maximum atomic E-state index is 9.94. The summed E-state index contributed by atoms with van der Waals surface area (Å²) in [4.78, 5) is 0. The molecule has 0 heterocycles. The van der Waals surface area contributed by atoms with Gasteiger partial charge in [0.25, 0.3) is 0 Å². The molecule has 3 N–H and O–H groups in total. The Labute approximate surface area is 111 Å². The van der Waals surface area contributed by atoms with Crippen molar-refractivity contribution in [2.24, 2.45) is 35.3 Å². The summed E-state index contributed by atoms with van der Waals surface area (Å²) in [6.45, 7) is 3.68. The lowest BCUT2D eigenvalue weighted by Gasteiger charge is -2.55. The van der Waals surface area contributed by atoms with Crippen LogP contribution in [0.25, 0.3) is 0 Å². The zero-order valence-electron chi connectivity index (χ0n) is 11.9. The molecule has 2 heteroatoms. The second-order valence-corrected chi connectivity index (χ2v) is 7.93. The largest absolute Gasteiger partial charge is 0.389 e. The van der Waals surface area contributed by atoms with E-state index in [2.05, 4.69) is 0 Å². The fraction of sp³-hybridized carbons (Fsp3) is 1.00. The molecule has 0 spiro atoms. The Morgan fingerprint density at radius 3 is 2.00 bits per heavy atom. The minimum absolute atomic E-state index is 0.0605. The second-order valence-electron chi connectivity index (χ2n) is 7.93. The normalized spacial score (nSPS) is 44.3. The van der Waals surface area contributed by atoms with Crippen LogP contribution in [-0.2, 0) is 0 Å².